The van der Waals surface area contributed by atoms with Crippen LogP contribution >= 0.6 is 0 Å². The highest BCUT2D eigenvalue weighted by Gasteiger charge is 2.34. The molecular formula is C35H45N7O3. The predicted octanol–water partition coefficient (Wildman–Crippen LogP) is 4.26. The minimum atomic E-state index is -0.649. The highest BCUT2D eigenvalue weighted by Crippen LogP contribution is 2.27. The molecule has 5 heterocycles. The molecule has 7 rings (SSSR count). The molecule has 0 unspecified atom stereocenters. The summed E-state index contributed by atoms with van der Waals surface area (Å²) in [5, 5.41) is 4.28. The van der Waals surface area contributed by atoms with Gasteiger partial charge in [0.15, 0.2) is 0 Å². The highest BCUT2D eigenvalue weighted by atomic mass is 16.2. The molecule has 238 valence electrons. The van der Waals surface area contributed by atoms with Gasteiger partial charge in [-0.25, -0.2) is 9.59 Å². The van der Waals surface area contributed by atoms with Crippen LogP contribution in [0.2, 0.25) is 0 Å². The molecule has 0 saturated carbocycles. The minimum absolute atomic E-state index is 0.00797. The van der Waals surface area contributed by atoms with Crippen molar-refractivity contribution in [2.24, 2.45) is 7.05 Å². The Morgan fingerprint density at radius 3 is 2.22 bits per heavy atom. The fourth-order valence-electron chi connectivity index (χ4n) is 7.97. The smallest absolute Gasteiger partial charge is 0.326 e. The molecule has 0 radical (unpaired) electrons. The fourth-order valence-corrected chi connectivity index (χ4v) is 7.97. The number of urea groups is 1. The molecule has 0 bridgehead atoms. The molecule has 10 nitrogen and oxygen atoms in total. The number of hydrogen-bond acceptors (Lipinski definition) is 4. The van der Waals surface area contributed by atoms with Crippen LogP contribution in [0.15, 0.2) is 59.5 Å². The first-order chi connectivity index (χ1) is 22.0. The zero-order valence-electron chi connectivity index (χ0n) is 26.3. The maximum absolute atomic E-state index is 14.1. The first-order valence-electron chi connectivity index (χ1n) is 16.8. The van der Waals surface area contributed by atoms with Crippen LogP contribution in [0.1, 0.15) is 56.6 Å². The van der Waals surface area contributed by atoms with Crippen molar-refractivity contribution in [1.29, 1.82) is 0 Å². The number of imidazole rings is 1. The Morgan fingerprint density at radius 1 is 0.822 bits per heavy atom. The van der Waals surface area contributed by atoms with E-state index in [4.69, 9.17) is 0 Å². The monoisotopic (exact) mass is 611 g/mol. The summed E-state index contributed by atoms with van der Waals surface area (Å²) < 4.78 is 3.93. The molecule has 3 aliphatic rings. The number of aromatic amines is 1. The second-order valence-corrected chi connectivity index (χ2v) is 13.2. The summed E-state index contributed by atoms with van der Waals surface area (Å²) in [6.45, 7) is 4.85. The third-order valence-electron chi connectivity index (χ3n) is 10.4. The third-order valence-corrected chi connectivity index (χ3v) is 10.4. The minimum Gasteiger partial charge on any atom is -0.350 e. The van der Waals surface area contributed by atoms with Gasteiger partial charge in [-0.05, 0) is 75.4 Å². The molecule has 3 fully saturated rings. The average molecular weight is 612 g/mol. The van der Waals surface area contributed by atoms with E-state index in [0.29, 0.717) is 38.4 Å². The quantitative estimate of drug-likeness (QED) is 0.341. The van der Waals surface area contributed by atoms with Crippen molar-refractivity contribution in [3.05, 3.63) is 70.8 Å². The number of fused-ring (bicyclic) bond motifs is 2. The normalized spacial score (nSPS) is 19.8. The number of amides is 3. The molecule has 0 spiro atoms. The van der Waals surface area contributed by atoms with Crippen LogP contribution in [0.5, 0.6) is 0 Å². The molecule has 0 aliphatic carbocycles. The number of hydrogen-bond donors (Lipinski definition) is 2. The van der Waals surface area contributed by atoms with Gasteiger partial charge in [-0.15, -0.1) is 0 Å². The summed E-state index contributed by atoms with van der Waals surface area (Å²) in [5.74, 6) is 0.00797. The molecular weight excluding hydrogens is 566 g/mol. The summed E-state index contributed by atoms with van der Waals surface area (Å²) in [5.41, 5.74) is 3.80. The van der Waals surface area contributed by atoms with Crippen LogP contribution < -0.4 is 11.0 Å². The summed E-state index contributed by atoms with van der Waals surface area (Å²) in [4.78, 5) is 50.0. The van der Waals surface area contributed by atoms with E-state index in [1.807, 2.05) is 57.8 Å². The van der Waals surface area contributed by atoms with Gasteiger partial charge in [-0.3, -0.25) is 9.36 Å². The zero-order chi connectivity index (χ0) is 30.9. The van der Waals surface area contributed by atoms with Crippen LogP contribution in [0.25, 0.3) is 21.9 Å². The maximum Gasteiger partial charge on any atom is 0.326 e. The van der Waals surface area contributed by atoms with E-state index in [-0.39, 0.29) is 23.7 Å². The van der Waals surface area contributed by atoms with E-state index in [1.54, 1.807) is 0 Å². The van der Waals surface area contributed by atoms with Gasteiger partial charge in [-0.2, -0.15) is 0 Å². The summed E-state index contributed by atoms with van der Waals surface area (Å²) in [6, 6.07) is 15.7. The number of para-hydroxylation sites is 3. The lowest BCUT2D eigenvalue weighted by molar-refractivity contribution is -0.134. The second kappa shape index (κ2) is 12.7. The third kappa shape index (κ3) is 6.00. The highest BCUT2D eigenvalue weighted by molar-refractivity contribution is 5.89. The molecule has 2 aromatic carbocycles. The van der Waals surface area contributed by atoms with Crippen molar-refractivity contribution >= 4 is 33.9 Å². The van der Waals surface area contributed by atoms with Gasteiger partial charge in [-0.1, -0.05) is 36.8 Å². The number of nitrogens with zero attached hydrogens (tertiary/aromatic N) is 5. The Balaban J connectivity index is 1.05. The number of H-pyrrole nitrogens is 1. The molecule has 1 atom stereocenters. The van der Waals surface area contributed by atoms with Gasteiger partial charge in [0.25, 0.3) is 0 Å². The number of benzene rings is 2. The molecule has 10 heteroatoms. The SMILES string of the molecule is Cn1cc(C[C@@H](NC(=O)N2CCC(n3c(=O)[nH]c4ccccc43)CC2)C(=O)N2CCC(N3CCCCC3)CC2)c2ccccc21. The van der Waals surface area contributed by atoms with Gasteiger partial charge in [0, 0.05) is 68.8 Å². The molecule has 2 aromatic heterocycles. The maximum atomic E-state index is 14.1. The summed E-state index contributed by atoms with van der Waals surface area (Å²) >= 11 is 0. The molecule has 3 amide bonds. The Bertz CT molecular complexity index is 1720. The van der Waals surface area contributed by atoms with Gasteiger partial charge in [0.2, 0.25) is 5.91 Å². The average Bonchev–Trinajstić information content (AvgIpc) is 3.59. The lowest BCUT2D eigenvalue weighted by Crippen LogP contribution is -2.56. The van der Waals surface area contributed by atoms with Gasteiger partial charge in [0.1, 0.15) is 6.04 Å². The van der Waals surface area contributed by atoms with Crippen LogP contribution in [-0.4, -0.2) is 92.1 Å². The largest absolute Gasteiger partial charge is 0.350 e. The molecule has 4 aromatic rings. The summed E-state index contributed by atoms with van der Waals surface area (Å²) in [7, 11) is 2.02. The number of carbonyl (C=O) groups is 2. The lowest BCUT2D eigenvalue weighted by atomic mass is 9.98. The second-order valence-electron chi connectivity index (χ2n) is 13.2. The van der Waals surface area contributed by atoms with Gasteiger partial charge in [0.05, 0.1) is 11.0 Å². The summed E-state index contributed by atoms with van der Waals surface area (Å²) in [6.07, 6.45) is 9.74. The fraction of sp³-hybridized carbons (Fsp3) is 0.514. The number of piperidine rings is 3. The molecule has 45 heavy (non-hydrogen) atoms. The van der Waals surface area contributed by atoms with Crippen molar-refractivity contribution in [2.45, 2.75) is 69.5 Å². The Kier molecular flexibility index (Phi) is 8.40. The molecule has 3 aliphatic heterocycles. The van der Waals surface area contributed by atoms with Crippen molar-refractivity contribution in [2.75, 3.05) is 39.3 Å². The van der Waals surface area contributed by atoms with Crippen LogP contribution in [0.4, 0.5) is 4.79 Å². The van der Waals surface area contributed by atoms with Crippen molar-refractivity contribution < 1.29 is 9.59 Å². The van der Waals surface area contributed by atoms with Crippen molar-refractivity contribution in [3.63, 3.8) is 0 Å². The van der Waals surface area contributed by atoms with E-state index < -0.39 is 6.04 Å². The Morgan fingerprint density at radius 2 is 1.47 bits per heavy atom. The number of rotatable bonds is 6. The topological polar surface area (TPSA) is 98.6 Å². The van der Waals surface area contributed by atoms with Gasteiger partial charge < -0.3 is 29.6 Å². The zero-order valence-corrected chi connectivity index (χ0v) is 26.3. The lowest BCUT2D eigenvalue weighted by Gasteiger charge is -2.41. The molecule has 2 N–H and O–H groups in total. The van der Waals surface area contributed by atoms with Crippen molar-refractivity contribution in [1.82, 2.24) is 34.1 Å². The van der Waals surface area contributed by atoms with Gasteiger partial charge >= 0.3 is 11.7 Å². The van der Waals surface area contributed by atoms with E-state index in [2.05, 4.69) is 38.1 Å². The van der Waals surface area contributed by atoms with Crippen LogP contribution in [0.3, 0.4) is 0 Å². The van der Waals surface area contributed by atoms with Crippen molar-refractivity contribution in [3.8, 4) is 0 Å². The standard InChI is InChI=1S/C35H45N7O3/c1-38-24-25(28-9-3-5-11-31(28)38)23-30(33(43)40-19-13-26(14-20-40)39-17-7-2-8-18-39)37-34(44)41-21-15-27(16-22-41)42-32-12-6-4-10-29(32)36-35(42)45/h3-6,9-12,24,26-27,30H,2,7-8,13-23H2,1H3,(H,36,45)(H,37,44)/t30-/m1/s1. The Hall–Kier alpha value is -4.05. The number of aromatic nitrogens is 3. The van der Waals surface area contributed by atoms with Crippen LogP contribution in [0, 0.1) is 0 Å². The predicted molar refractivity (Wildman–Crippen MR) is 176 cm³/mol. The first-order valence-corrected chi connectivity index (χ1v) is 16.8. The van der Waals surface area contributed by atoms with E-state index >= 15 is 0 Å². The van der Waals surface area contributed by atoms with E-state index in [0.717, 1.165) is 53.4 Å². The number of carbonyl (C=O) groups excluding carboxylic acids is 2. The number of aryl methyl sites for hydroxylation is 1. The van der Waals surface area contributed by atoms with Crippen LogP contribution in [-0.2, 0) is 18.3 Å². The Labute approximate surface area is 264 Å². The van der Waals surface area contributed by atoms with E-state index in [9.17, 15) is 14.4 Å². The van der Waals surface area contributed by atoms with E-state index in [1.165, 1.54) is 32.4 Å². The number of nitrogens with one attached hydrogen (secondary N) is 2. The number of likely N-dealkylation sites (tertiary alicyclic amines) is 3. The first kappa shape index (κ1) is 29.6. The molecule has 3 saturated heterocycles.